The first-order chi connectivity index (χ1) is 11.0. The maximum absolute atomic E-state index is 12.7. The molecule has 1 atom stereocenters. The van der Waals surface area contributed by atoms with Gasteiger partial charge in [0, 0.05) is 19.2 Å². The van der Waals surface area contributed by atoms with Crippen molar-refractivity contribution in [1.82, 2.24) is 9.88 Å². The van der Waals surface area contributed by atoms with Gasteiger partial charge in [0.1, 0.15) is 11.6 Å². The number of hydrogen-bond donors (Lipinski definition) is 2. The lowest BCUT2D eigenvalue weighted by Gasteiger charge is -2.34. The summed E-state index contributed by atoms with van der Waals surface area (Å²) < 4.78 is 0. The van der Waals surface area contributed by atoms with Crippen molar-refractivity contribution < 1.29 is 14.7 Å². The second kappa shape index (κ2) is 5.89. The number of aromatic amines is 1. The molecule has 0 spiro atoms. The number of amides is 1. The number of carbonyl (C=O) groups is 2. The number of benzene rings is 1. The molecule has 23 heavy (non-hydrogen) atoms. The topological polar surface area (TPSA) is 90.5 Å². The van der Waals surface area contributed by atoms with E-state index in [9.17, 15) is 19.5 Å². The average molecular weight is 333 g/mol. The number of H-pyrrole nitrogens is 1. The summed E-state index contributed by atoms with van der Waals surface area (Å²) in [6, 6.07) is 7.58. The Morgan fingerprint density at radius 2 is 1.96 bits per heavy atom. The number of nitrogens with zero attached hydrogens (tertiary/aromatic N) is 1. The lowest BCUT2D eigenvalue weighted by molar-refractivity contribution is -0.142. The van der Waals surface area contributed by atoms with Crippen LogP contribution >= 0.6 is 11.6 Å². The number of halogens is 1. The van der Waals surface area contributed by atoms with Crippen molar-refractivity contribution in [1.29, 1.82) is 0 Å². The van der Waals surface area contributed by atoms with Crippen LogP contribution in [0.2, 0.25) is 5.02 Å². The molecule has 6 nitrogen and oxygen atoms in total. The highest BCUT2D eigenvalue weighted by Gasteiger charge is 2.35. The quantitative estimate of drug-likeness (QED) is 0.875. The zero-order valence-corrected chi connectivity index (χ0v) is 12.7. The molecule has 3 rings (SSSR count). The van der Waals surface area contributed by atoms with Gasteiger partial charge in [-0.2, -0.15) is 0 Å². The Morgan fingerprint density at radius 1 is 1.26 bits per heavy atom. The molecule has 0 saturated heterocycles. The molecule has 1 aromatic carbocycles. The smallest absolute Gasteiger partial charge is 0.326 e. The van der Waals surface area contributed by atoms with Crippen LogP contribution < -0.4 is 5.56 Å². The van der Waals surface area contributed by atoms with E-state index in [1.807, 2.05) is 24.3 Å². The molecule has 0 saturated carbocycles. The summed E-state index contributed by atoms with van der Waals surface area (Å²) in [4.78, 5) is 39.7. The molecule has 1 aliphatic rings. The van der Waals surface area contributed by atoms with Gasteiger partial charge in [0.05, 0.1) is 5.02 Å². The maximum atomic E-state index is 12.7. The largest absolute Gasteiger partial charge is 0.480 e. The van der Waals surface area contributed by atoms with Gasteiger partial charge in [-0.1, -0.05) is 35.9 Å². The number of fused-ring (bicyclic) bond motifs is 1. The van der Waals surface area contributed by atoms with Crippen LogP contribution in [0.4, 0.5) is 0 Å². The van der Waals surface area contributed by atoms with E-state index in [1.165, 1.54) is 17.2 Å². The van der Waals surface area contributed by atoms with Crippen molar-refractivity contribution in [2.45, 2.75) is 19.0 Å². The number of nitrogens with one attached hydrogen (secondary N) is 1. The summed E-state index contributed by atoms with van der Waals surface area (Å²) in [5.74, 6) is -1.75. The summed E-state index contributed by atoms with van der Waals surface area (Å²) in [5, 5.41) is 9.65. The van der Waals surface area contributed by atoms with Gasteiger partial charge in [-0.25, -0.2) is 4.79 Å². The SMILES string of the molecule is O=C(O)[C@H]1Cc2ccccc2CN1C(=O)c1cc(Cl)c[nH]c1=O. The van der Waals surface area contributed by atoms with E-state index in [2.05, 4.69) is 4.98 Å². The summed E-state index contributed by atoms with van der Waals surface area (Å²) in [6.45, 7) is 0.137. The van der Waals surface area contributed by atoms with Gasteiger partial charge in [-0.05, 0) is 17.2 Å². The third-order valence-electron chi connectivity index (χ3n) is 3.89. The van der Waals surface area contributed by atoms with Crippen LogP contribution in [-0.2, 0) is 17.8 Å². The van der Waals surface area contributed by atoms with Gasteiger partial charge in [-0.15, -0.1) is 0 Å². The van der Waals surface area contributed by atoms with Crippen LogP contribution in [0.3, 0.4) is 0 Å². The van der Waals surface area contributed by atoms with Crippen molar-refractivity contribution in [3.05, 3.63) is 68.6 Å². The summed E-state index contributed by atoms with van der Waals surface area (Å²) in [7, 11) is 0. The third kappa shape index (κ3) is 2.85. The minimum atomic E-state index is -1.11. The second-order valence-corrected chi connectivity index (χ2v) is 5.76. The Hall–Kier alpha value is -2.60. The van der Waals surface area contributed by atoms with Gasteiger partial charge >= 0.3 is 5.97 Å². The van der Waals surface area contributed by atoms with Crippen molar-refractivity contribution >= 4 is 23.5 Å². The first-order valence-electron chi connectivity index (χ1n) is 6.96. The van der Waals surface area contributed by atoms with Crippen LogP contribution in [0, 0.1) is 0 Å². The first kappa shape index (κ1) is 15.3. The van der Waals surface area contributed by atoms with Gasteiger partial charge in [0.15, 0.2) is 0 Å². The van der Waals surface area contributed by atoms with Gasteiger partial charge in [-0.3, -0.25) is 9.59 Å². The van der Waals surface area contributed by atoms with E-state index in [-0.39, 0.29) is 23.6 Å². The molecule has 1 amide bonds. The number of rotatable bonds is 2. The number of carboxylic acid groups (broad SMARTS) is 1. The summed E-state index contributed by atoms with van der Waals surface area (Å²) in [6.07, 6.45) is 1.48. The van der Waals surface area contributed by atoms with Gasteiger partial charge in [0.25, 0.3) is 11.5 Å². The molecule has 118 valence electrons. The van der Waals surface area contributed by atoms with E-state index in [0.29, 0.717) is 0 Å². The predicted octanol–water partition coefficient (Wildman–Crippen LogP) is 1.68. The Labute approximate surface area is 136 Å². The molecule has 0 radical (unpaired) electrons. The van der Waals surface area contributed by atoms with Crippen molar-refractivity contribution in [2.75, 3.05) is 0 Å². The number of pyridine rings is 1. The Morgan fingerprint density at radius 3 is 2.65 bits per heavy atom. The maximum Gasteiger partial charge on any atom is 0.326 e. The van der Waals surface area contributed by atoms with E-state index in [4.69, 9.17) is 11.6 Å². The predicted molar refractivity (Wildman–Crippen MR) is 83.5 cm³/mol. The van der Waals surface area contributed by atoms with Gasteiger partial charge < -0.3 is 15.0 Å². The highest BCUT2D eigenvalue weighted by Crippen LogP contribution is 2.25. The molecular formula is C16H13ClN2O4. The standard InChI is InChI=1S/C16H13ClN2O4/c17-11-6-12(14(20)18-7-11)15(21)19-8-10-4-2-1-3-9(10)5-13(19)16(22)23/h1-4,6-7,13H,5,8H2,(H,18,20)(H,22,23)/t13-/m1/s1. The zero-order valence-electron chi connectivity index (χ0n) is 12.0. The fourth-order valence-corrected chi connectivity index (χ4v) is 2.89. The van der Waals surface area contributed by atoms with Crippen molar-refractivity contribution in [2.24, 2.45) is 0 Å². The Balaban J connectivity index is 2.03. The molecule has 2 N–H and O–H groups in total. The Kier molecular flexibility index (Phi) is 3.92. The lowest BCUT2D eigenvalue weighted by Crippen LogP contribution is -2.49. The fourth-order valence-electron chi connectivity index (χ4n) is 2.73. The third-order valence-corrected chi connectivity index (χ3v) is 4.11. The highest BCUT2D eigenvalue weighted by atomic mass is 35.5. The van der Waals surface area contributed by atoms with Crippen molar-refractivity contribution in [3.63, 3.8) is 0 Å². The molecule has 7 heteroatoms. The van der Waals surface area contributed by atoms with Crippen LogP contribution in [0.25, 0.3) is 0 Å². The summed E-state index contributed by atoms with van der Waals surface area (Å²) >= 11 is 5.82. The summed E-state index contributed by atoms with van der Waals surface area (Å²) in [5.41, 5.74) is 1.01. The number of carboxylic acids is 1. The van der Waals surface area contributed by atoms with E-state index in [0.717, 1.165) is 11.1 Å². The molecule has 2 aromatic rings. The number of hydrogen-bond acceptors (Lipinski definition) is 3. The molecule has 0 bridgehead atoms. The Bertz CT molecular complexity index is 846. The minimum Gasteiger partial charge on any atom is -0.480 e. The molecule has 0 fully saturated rings. The van der Waals surface area contributed by atoms with Crippen LogP contribution in [0.15, 0.2) is 41.3 Å². The fraction of sp³-hybridized carbons (Fsp3) is 0.188. The minimum absolute atomic E-state index is 0.137. The average Bonchev–Trinajstić information content (AvgIpc) is 2.55. The van der Waals surface area contributed by atoms with E-state index >= 15 is 0 Å². The highest BCUT2D eigenvalue weighted by molar-refractivity contribution is 6.30. The number of carbonyl (C=O) groups excluding carboxylic acids is 1. The molecule has 0 unspecified atom stereocenters. The first-order valence-corrected chi connectivity index (χ1v) is 7.34. The lowest BCUT2D eigenvalue weighted by atomic mass is 9.93. The molecule has 1 aliphatic heterocycles. The van der Waals surface area contributed by atoms with Crippen LogP contribution in [0.5, 0.6) is 0 Å². The second-order valence-electron chi connectivity index (χ2n) is 5.32. The van der Waals surface area contributed by atoms with Crippen molar-refractivity contribution in [3.8, 4) is 0 Å². The molecule has 2 heterocycles. The van der Waals surface area contributed by atoms with E-state index in [1.54, 1.807) is 0 Å². The molecular weight excluding hydrogens is 320 g/mol. The van der Waals surface area contributed by atoms with Crippen LogP contribution in [-0.4, -0.2) is 32.9 Å². The number of aromatic nitrogens is 1. The monoisotopic (exact) mass is 332 g/mol. The van der Waals surface area contributed by atoms with Crippen LogP contribution in [0.1, 0.15) is 21.5 Å². The normalized spacial score (nSPS) is 16.7. The van der Waals surface area contributed by atoms with Gasteiger partial charge in [0.2, 0.25) is 0 Å². The van der Waals surface area contributed by atoms with E-state index < -0.39 is 23.5 Å². The zero-order chi connectivity index (χ0) is 16.6. The molecule has 1 aromatic heterocycles. The molecule has 0 aliphatic carbocycles. The number of aliphatic carboxylic acids is 1.